The van der Waals surface area contributed by atoms with Crippen LogP contribution in [0.5, 0.6) is 0 Å². The number of rotatable bonds is 2. The van der Waals surface area contributed by atoms with Crippen LogP contribution in [-0.2, 0) is 0 Å². The fourth-order valence-corrected chi connectivity index (χ4v) is 3.62. The molecule has 1 atom stereocenters. The van der Waals surface area contributed by atoms with Gasteiger partial charge in [0.05, 0.1) is 4.75 Å². The van der Waals surface area contributed by atoms with Crippen molar-refractivity contribution in [1.82, 2.24) is 0 Å². The molecule has 3 heteroatoms. The van der Waals surface area contributed by atoms with Crippen molar-refractivity contribution in [2.75, 3.05) is 5.75 Å². The molecule has 1 nitrogen and oxygen atoms in total. The molecule has 0 N–H and O–H groups in total. The highest BCUT2D eigenvalue weighted by Gasteiger charge is 2.38. The monoisotopic (exact) mass is 284 g/mol. The van der Waals surface area contributed by atoms with Crippen molar-refractivity contribution in [2.45, 2.75) is 24.5 Å². The van der Waals surface area contributed by atoms with E-state index in [9.17, 15) is 4.79 Å². The first kappa shape index (κ1) is 11.2. The minimum absolute atomic E-state index is 0.204. The maximum Gasteiger partial charge on any atom is 0.179 e. The standard InChI is InChI=1S/C12H13BrOS/c1-12(7-4-8-15-12)11(14)9-5-2-3-6-10(9)13/h2-3,5-6H,4,7-8H2,1H3. The quantitative estimate of drug-likeness (QED) is 0.766. The van der Waals surface area contributed by atoms with Crippen LogP contribution in [0.1, 0.15) is 30.1 Å². The van der Waals surface area contributed by atoms with Crippen molar-refractivity contribution in [2.24, 2.45) is 0 Å². The van der Waals surface area contributed by atoms with Crippen molar-refractivity contribution in [3.8, 4) is 0 Å². The first-order chi connectivity index (χ1) is 7.13. The van der Waals surface area contributed by atoms with Crippen molar-refractivity contribution in [1.29, 1.82) is 0 Å². The molecule has 1 saturated heterocycles. The molecule has 1 aliphatic heterocycles. The van der Waals surface area contributed by atoms with Gasteiger partial charge in [-0.15, -0.1) is 11.8 Å². The van der Waals surface area contributed by atoms with Crippen LogP contribution in [0.3, 0.4) is 0 Å². The zero-order valence-corrected chi connectivity index (χ0v) is 11.0. The Hall–Kier alpha value is -0.280. The Morgan fingerprint density at radius 3 is 2.80 bits per heavy atom. The second-order valence-electron chi connectivity index (χ2n) is 3.99. The second-order valence-corrected chi connectivity index (χ2v) is 6.44. The van der Waals surface area contributed by atoms with Gasteiger partial charge in [-0.25, -0.2) is 0 Å². The zero-order chi connectivity index (χ0) is 10.9. The third kappa shape index (κ3) is 2.13. The molecular weight excluding hydrogens is 272 g/mol. The number of ketones is 1. The van der Waals surface area contributed by atoms with Gasteiger partial charge >= 0.3 is 0 Å². The number of hydrogen-bond donors (Lipinski definition) is 0. The molecule has 0 aromatic heterocycles. The number of benzene rings is 1. The summed E-state index contributed by atoms with van der Waals surface area (Å²) in [5.74, 6) is 1.37. The summed E-state index contributed by atoms with van der Waals surface area (Å²) in [5.41, 5.74) is 0.814. The lowest BCUT2D eigenvalue weighted by molar-refractivity contribution is 0.0948. The first-order valence-electron chi connectivity index (χ1n) is 5.07. The maximum absolute atomic E-state index is 12.3. The van der Waals surface area contributed by atoms with E-state index in [1.165, 1.54) is 0 Å². The average molecular weight is 285 g/mol. The Morgan fingerprint density at radius 2 is 2.20 bits per heavy atom. The normalized spacial score (nSPS) is 25.5. The van der Waals surface area contributed by atoms with E-state index in [1.54, 1.807) is 11.8 Å². The topological polar surface area (TPSA) is 17.1 Å². The highest BCUT2D eigenvalue weighted by Crippen LogP contribution is 2.41. The van der Waals surface area contributed by atoms with Crippen LogP contribution in [-0.4, -0.2) is 16.3 Å². The lowest BCUT2D eigenvalue weighted by Crippen LogP contribution is -2.28. The summed E-state index contributed by atoms with van der Waals surface area (Å²) in [6.07, 6.45) is 2.15. The highest BCUT2D eigenvalue weighted by atomic mass is 79.9. The van der Waals surface area contributed by atoms with Crippen LogP contribution in [0.15, 0.2) is 28.7 Å². The summed E-state index contributed by atoms with van der Waals surface area (Å²) < 4.78 is 0.702. The molecule has 1 aliphatic rings. The molecule has 0 radical (unpaired) electrons. The Balaban J connectivity index is 2.32. The number of carbonyl (C=O) groups is 1. The van der Waals surface area contributed by atoms with Gasteiger partial charge in [0.15, 0.2) is 5.78 Å². The summed E-state index contributed by atoms with van der Waals surface area (Å²) in [4.78, 5) is 12.3. The Kier molecular flexibility index (Phi) is 3.21. The second kappa shape index (κ2) is 4.30. The fourth-order valence-electron chi connectivity index (χ4n) is 1.89. The van der Waals surface area contributed by atoms with Gasteiger partial charge < -0.3 is 0 Å². The van der Waals surface area contributed by atoms with Crippen LogP contribution >= 0.6 is 27.7 Å². The molecule has 2 rings (SSSR count). The predicted octanol–water partition coefficient (Wildman–Crippen LogP) is 3.92. The molecule has 1 unspecified atom stereocenters. The largest absolute Gasteiger partial charge is 0.293 e. The van der Waals surface area contributed by atoms with E-state index in [2.05, 4.69) is 22.9 Å². The molecule has 1 aromatic carbocycles. The minimum atomic E-state index is -0.204. The summed E-state index contributed by atoms with van der Waals surface area (Å²) >= 11 is 5.22. The molecule has 80 valence electrons. The van der Waals surface area contributed by atoms with Crippen molar-refractivity contribution < 1.29 is 4.79 Å². The summed E-state index contributed by atoms with van der Waals surface area (Å²) in [6.45, 7) is 2.06. The van der Waals surface area contributed by atoms with Gasteiger partial charge in [0.2, 0.25) is 0 Å². The van der Waals surface area contributed by atoms with Crippen LogP contribution in [0.4, 0.5) is 0 Å². The van der Waals surface area contributed by atoms with E-state index >= 15 is 0 Å². The number of thioether (sulfide) groups is 1. The van der Waals surface area contributed by atoms with Crippen LogP contribution in [0, 0.1) is 0 Å². The van der Waals surface area contributed by atoms with Crippen LogP contribution < -0.4 is 0 Å². The van der Waals surface area contributed by atoms with Gasteiger partial charge in [0.1, 0.15) is 0 Å². The van der Waals surface area contributed by atoms with Gasteiger partial charge in [0.25, 0.3) is 0 Å². The van der Waals surface area contributed by atoms with Gasteiger partial charge in [-0.1, -0.05) is 34.1 Å². The Bertz CT molecular complexity index is 383. The minimum Gasteiger partial charge on any atom is -0.293 e. The molecule has 15 heavy (non-hydrogen) atoms. The van der Waals surface area contributed by atoms with Crippen molar-refractivity contribution in [3.05, 3.63) is 34.3 Å². The maximum atomic E-state index is 12.3. The summed E-state index contributed by atoms with van der Waals surface area (Å²) in [7, 11) is 0. The molecule has 0 saturated carbocycles. The van der Waals surface area contributed by atoms with E-state index in [4.69, 9.17) is 0 Å². The Morgan fingerprint density at radius 1 is 1.47 bits per heavy atom. The van der Waals surface area contributed by atoms with Gasteiger partial charge in [0, 0.05) is 10.0 Å². The third-order valence-electron chi connectivity index (χ3n) is 2.82. The molecule has 1 fully saturated rings. The van der Waals surface area contributed by atoms with Gasteiger partial charge in [-0.2, -0.15) is 0 Å². The van der Waals surface area contributed by atoms with E-state index in [1.807, 2.05) is 24.3 Å². The molecule has 0 amide bonds. The molecule has 1 heterocycles. The molecular formula is C12H13BrOS. The molecule has 0 spiro atoms. The predicted molar refractivity (Wildman–Crippen MR) is 68.6 cm³/mol. The third-order valence-corrected chi connectivity index (χ3v) is 5.03. The summed E-state index contributed by atoms with van der Waals surface area (Å²) in [6, 6.07) is 7.68. The zero-order valence-electron chi connectivity index (χ0n) is 8.63. The molecule has 1 aromatic rings. The summed E-state index contributed by atoms with van der Waals surface area (Å²) in [5, 5.41) is 0. The van der Waals surface area contributed by atoms with Crippen molar-refractivity contribution in [3.63, 3.8) is 0 Å². The Labute approximate surface area is 103 Å². The first-order valence-corrected chi connectivity index (χ1v) is 6.85. The van der Waals surface area contributed by atoms with Gasteiger partial charge in [-0.05, 0) is 31.6 Å². The highest BCUT2D eigenvalue weighted by molar-refractivity contribution is 9.10. The lowest BCUT2D eigenvalue weighted by atomic mass is 9.95. The van der Waals surface area contributed by atoms with Gasteiger partial charge in [-0.3, -0.25) is 4.79 Å². The lowest BCUT2D eigenvalue weighted by Gasteiger charge is -2.21. The number of halogens is 1. The smallest absolute Gasteiger partial charge is 0.179 e. The number of carbonyl (C=O) groups excluding carboxylic acids is 1. The van der Waals surface area contributed by atoms with Crippen LogP contribution in [0.25, 0.3) is 0 Å². The van der Waals surface area contributed by atoms with E-state index in [-0.39, 0.29) is 10.5 Å². The average Bonchev–Trinajstić information content (AvgIpc) is 2.66. The number of Topliss-reactive ketones (excluding diaryl/α,β-unsaturated/α-hetero) is 1. The van der Waals surface area contributed by atoms with E-state index < -0.39 is 0 Å². The van der Waals surface area contributed by atoms with Crippen LogP contribution in [0.2, 0.25) is 0 Å². The molecule has 0 aliphatic carbocycles. The fraction of sp³-hybridized carbons (Fsp3) is 0.417. The van der Waals surface area contributed by atoms with Crippen molar-refractivity contribution >= 4 is 33.5 Å². The number of hydrogen-bond acceptors (Lipinski definition) is 2. The van der Waals surface area contributed by atoms with E-state index in [0.717, 1.165) is 28.6 Å². The van der Waals surface area contributed by atoms with E-state index in [0.29, 0.717) is 0 Å². The SMILES string of the molecule is CC1(C(=O)c2ccccc2Br)CCCS1. The molecule has 0 bridgehead atoms.